The number of nitrogens with zero attached hydrogens (tertiary/aromatic N) is 1. The number of nitrogens with one attached hydrogen (secondary N) is 1. The molecule has 1 heterocycles. The predicted molar refractivity (Wildman–Crippen MR) is 91.7 cm³/mol. The van der Waals surface area contributed by atoms with Gasteiger partial charge in [0.15, 0.2) is 0 Å². The number of rotatable bonds is 5. The molecule has 2 aromatic carbocycles. The summed E-state index contributed by atoms with van der Waals surface area (Å²) in [6.07, 6.45) is 1.30. The van der Waals surface area contributed by atoms with Gasteiger partial charge in [-0.3, -0.25) is 14.4 Å². The molecule has 2 aromatic rings. The summed E-state index contributed by atoms with van der Waals surface area (Å²) in [6.45, 7) is 0.895. The number of benzene rings is 2. The molecule has 1 saturated heterocycles. The minimum absolute atomic E-state index is 0.0229. The van der Waals surface area contributed by atoms with Crippen molar-refractivity contribution in [3.63, 3.8) is 0 Å². The Hall–Kier alpha value is -2.37. The van der Waals surface area contributed by atoms with Crippen LogP contribution in [0.2, 0.25) is 5.02 Å². The molecule has 0 radical (unpaired) electrons. The van der Waals surface area contributed by atoms with Gasteiger partial charge < -0.3 is 4.90 Å². The fourth-order valence-electron chi connectivity index (χ4n) is 2.58. The molecule has 0 atom stereocenters. The minimum atomic E-state index is -0.379. The lowest BCUT2D eigenvalue weighted by Crippen LogP contribution is -2.26. The number of hydrogen-bond acceptors (Lipinski definition) is 3. The van der Waals surface area contributed by atoms with Gasteiger partial charge in [-0.25, -0.2) is 5.48 Å². The van der Waals surface area contributed by atoms with E-state index in [1.165, 1.54) is 0 Å². The highest BCUT2D eigenvalue weighted by Crippen LogP contribution is 2.30. The zero-order chi connectivity index (χ0) is 16.9. The van der Waals surface area contributed by atoms with Gasteiger partial charge in [0.1, 0.15) is 0 Å². The van der Waals surface area contributed by atoms with Gasteiger partial charge in [-0.1, -0.05) is 41.9 Å². The third-order valence-corrected chi connectivity index (χ3v) is 4.14. The molecular weight excluding hydrogens is 328 g/mol. The first-order chi connectivity index (χ1) is 11.6. The topological polar surface area (TPSA) is 58.6 Å². The van der Waals surface area contributed by atoms with Crippen LogP contribution in [0.5, 0.6) is 0 Å². The SMILES string of the molecule is O=C(NOCc1ccccc1)c1ccc(Cl)c(N2CCCC2=O)c1. The Kier molecular flexibility index (Phi) is 5.13. The second-order valence-corrected chi connectivity index (χ2v) is 5.93. The normalized spacial score (nSPS) is 14.0. The molecule has 1 N–H and O–H groups in total. The van der Waals surface area contributed by atoms with Crippen LogP contribution in [0.15, 0.2) is 48.5 Å². The lowest BCUT2D eigenvalue weighted by molar-refractivity contribution is -0.117. The Morgan fingerprint density at radius 3 is 2.71 bits per heavy atom. The number of amides is 2. The average molecular weight is 345 g/mol. The van der Waals surface area contributed by atoms with Gasteiger partial charge in [0, 0.05) is 18.5 Å². The average Bonchev–Trinajstić information content (AvgIpc) is 3.02. The molecule has 3 rings (SSSR count). The van der Waals surface area contributed by atoms with Crippen molar-refractivity contribution in [3.8, 4) is 0 Å². The first-order valence-corrected chi connectivity index (χ1v) is 8.09. The van der Waals surface area contributed by atoms with Crippen LogP contribution in [0.1, 0.15) is 28.8 Å². The highest BCUT2D eigenvalue weighted by Gasteiger charge is 2.24. The molecule has 24 heavy (non-hydrogen) atoms. The number of hydrogen-bond donors (Lipinski definition) is 1. The maximum absolute atomic E-state index is 12.2. The van der Waals surface area contributed by atoms with Crippen molar-refractivity contribution in [3.05, 3.63) is 64.7 Å². The van der Waals surface area contributed by atoms with Gasteiger partial charge >= 0.3 is 0 Å². The number of hydroxylamine groups is 1. The zero-order valence-corrected chi connectivity index (χ0v) is 13.8. The van der Waals surface area contributed by atoms with Crippen molar-refractivity contribution in [2.75, 3.05) is 11.4 Å². The summed E-state index contributed by atoms with van der Waals surface area (Å²) < 4.78 is 0. The Morgan fingerprint density at radius 1 is 1.21 bits per heavy atom. The van der Waals surface area contributed by atoms with Crippen LogP contribution in [-0.2, 0) is 16.2 Å². The molecular formula is C18H17ClN2O3. The van der Waals surface area contributed by atoms with Crippen LogP contribution in [0.3, 0.4) is 0 Å². The second kappa shape index (κ2) is 7.47. The molecule has 0 saturated carbocycles. The van der Waals surface area contributed by atoms with Crippen LogP contribution >= 0.6 is 11.6 Å². The van der Waals surface area contributed by atoms with E-state index >= 15 is 0 Å². The molecule has 1 fully saturated rings. The molecule has 6 heteroatoms. The van der Waals surface area contributed by atoms with Gasteiger partial charge in [-0.05, 0) is 30.2 Å². The summed E-state index contributed by atoms with van der Waals surface area (Å²) in [6, 6.07) is 14.4. The molecule has 2 amide bonds. The zero-order valence-electron chi connectivity index (χ0n) is 13.0. The van der Waals surface area contributed by atoms with Gasteiger partial charge in [0.2, 0.25) is 5.91 Å². The molecule has 5 nitrogen and oxygen atoms in total. The summed E-state index contributed by atoms with van der Waals surface area (Å²) in [7, 11) is 0. The van der Waals surface area contributed by atoms with Gasteiger partial charge in [-0.2, -0.15) is 0 Å². The molecule has 0 aliphatic carbocycles. The number of anilines is 1. The Balaban J connectivity index is 1.65. The third-order valence-electron chi connectivity index (χ3n) is 3.82. The van der Waals surface area contributed by atoms with Crippen LogP contribution in [0, 0.1) is 0 Å². The molecule has 0 spiro atoms. The number of carbonyl (C=O) groups is 2. The van der Waals surface area contributed by atoms with Crippen LogP contribution in [0.25, 0.3) is 0 Å². The van der Waals surface area contributed by atoms with E-state index in [0.717, 1.165) is 12.0 Å². The summed E-state index contributed by atoms with van der Waals surface area (Å²) in [4.78, 5) is 30.9. The monoisotopic (exact) mass is 344 g/mol. The molecule has 0 aromatic heterocycles. The maximum Gasteiger partial charge on any atom is 0.274 e. The summed E-state index contributed by atoms with van der Waals surface area (Å²) in [5.41, 5.74) is 4.32. The fraction of sp³-hybridized carbons (Fsp3) is 0.222. The molecule has 124 valence electrons. The van der Waals surface area contributed by atoms with Crippen molar-refractivity contribution in [2.24, 2.45) is 0 Å². The Labute approximate surface area is 145 Å². The fourth-order valence-corrected chi connectivity index (χ4v) is 2.80. The Bertz CT molecular complexity index is 749. The largest absolute Gasteiger partial charge is 0.311 e. The lowest BCUT2D eigenvalue weighted by atomic mass is 10.2. The number of carbonyl (C=O) groups excluding carboxylic acids is 2. The standard InChI is InChI=1S/C18H17ClN2O3/c19-15-9-8-14(11-16(15)21-10-4-7-17(21)22)18(23)20-24-12-13-5-2-1-3-6-13/h1-3,5-6,8-9,11H,4,7,10,12H2,(H,20,23). The van der Waals surface area contributed by atoms with E-state index < -0.39 is 0 Å². The molecule has 1 aliphatic heterocycles. The van der Waals surface area contributed by atoms with Crippen LogP contribution in [-0.4, -0.2) is 18.4 Å². The predicted octanol–water partition coefficient (Wildman–Crippen LogP) is 3.33. The van der Waals surface area contributed by atoms with Crippen molar-refractivity contribution in [1.29, 1.82) is 0 Å². The molecule has 0 bridgehead atoms. The van der Waals surface area contributed by atoms with E-state index in [0.29, 0.717) is 29.2 Å². The summed E-state index contributed by atoms with van der Waals surface area (Å²) >= 11 is 6.17. The highest BCUT2D eigenvalue weighted by molar-refractivity contribution is 6.34. The first-order valence-electron chi connectivity index (χ1n) is 7.71. The van der Waals surface area contributed by atoms with E-state index in [2.05, 4.69) is 5.48 Å². The molecule has 0 unspecified atom stereocenters. The van der Waals surface area contributed by atoms with Gasteiger partial charge in [0.05, 0.1) is 17.3 Å². The van der Waals surface area contributed by atoms with Crippen molar-refractivity contribution in [1.82, 2.24) is 5.48 Å². The molecule has 1 aliphatic rings. The lowest BCUT2D eigenvalue weighted by Gasteiger charge is -2.18. The van der Waals surface area contributed by atoms with Crippen LogP contribution in [0.4, 0.5) is 5.69 Å². The first kappa shape index (κ1) is 16.5. The highest BCUT2D eigenvalue weighted by atomic mass is 35.5. The number of halogens is 1. The third kappa shape index (κ3) is 3.75. The van der Waals surface area contributed by atoms with Crippen molar-refractivity contribution in [2.45, 2.75) is 19.4 Å². The van der Waals surface area contributed by atoms with Crippen LogP contribution < -0.4 is 10.4 Å². The van der Waals surface area contributed by atoms with Gasteiger partial charge in [0.25, 0.3) is 5.91 Å². The smallest absolute Gasteiger partial charge is 0.274 e. The minimum Gasteiger partial charge on any atom is -0.311 e. The second-order valence-electron chi connectivity index (χ2n) is 5.52. The van der Waals surface area contributed by atoms with Gasteiger partial charge in [-0.15, -0.1) is 0 Å². The Morgan fingerprint density at radius 2 is 2.00 bits per heavy atom. The quantitative estimate of drug-likeness (QED) is 0.846. The van der Waals surface area contributed by atoms with E-state index in [9.17, 15) is 9.59 Å². The van der Waals surface area contributed by atoms with E-state index in [1.807, 2.05) is 30.3 Å². The van der Waals surface area contributed by atoms with E-state index in [1.54, 1.807) is 23.1 Å². The summed E-state index contributed by atoms with van der Waals surface area (Å²) in [5, 5.41) is 0.451. The van der Waals surface area contributed by atoms with Crippen molar-refractivity contribution < 1.29 is 14.4 Å². The van der Waals surface area contributed by atoms with E-state index in [-0.39, 0.29) is 18.4 Å². The maximum atomic E-state index is 12.2. The summed E-state index contributed by atoms with van der Waals surface area (Å²) in [5.74, 6) is -0.356. The van der Waals surface area contributed by atoms with Crippen molar-refractivity contribution >= 4 is 29.1 Å². The van der Waals surface area contributed by atoms with E-state index in [4.69, 9.17) is 16.4 Å².